The van der Waals surface area contributed by atoms with Crippen LogP contribution in [0, 0.1) is 5.41 Å². The van der Waals surface area contributed by atoms with Gasteiger partial charge in [0.1, 0.15) is 0 Å². The molecule has 0 bridgehead atoms. The molecule has 0 aromatic rings. The summed E-state index contributed by atoms with van der Waals surface area (Å²) in [6, 6.07) is 0.637. The van der Waals surface area contributed by atoms with Crippen LogP contribution in [0.2, 0.25) is 0 Å². The maximum Gasteiger partial charge on any atom is 0.0960 e. The lowest BCUT2D eigenvalue weighted by molar-refractivity contribution is 0.258. The minimum atomic E-state index is 0.637. The van der Waals surface area contributed by atoms with Crippen molar-refractivity contribution >= 4 is 5.84 Å². The van der Waals surface area contributed by atoms with Crippen LogP contribution in [0.3, 0.4) is 0 Å². The van der Waals surface area contributed by atoms with E-state index in [1.165, 1.54) is 32.1 Å². The quantitative estimate of drug-likeness (QED) is 0.711. The number of amidine groups is 1. The molecule has 1 rings (SSSR count). The summed E-state index contributed by atoms with van der Waals surface area (Å²) in [5.74, 6) is 0.881. The Kier molecular flexibility index (Phi) is 4.26. The lowest BCUT2D eigenvalue weighted by Crippen LogP contribution is -2.42. The second-order valence-electron chi connectivity index (χ2n) is 3.95. The Labute approximate surface area is 81.8 Å². The summed E-state index contributed by atoms with van der Waals surface area (Å²) in [7, 11) is 0. The zero-order chi connectivity index (χ0) is 9.68. The van der Waals surface area contributed by atoms with Crippen LogP contribution in [0.15, 0.2) is 0 Å². The predicted octanol–water partition coefficient (Wildman–Crippen LogP) is 3.03. The fourth-order valence-corrected chi connectivity index (χ4v) is 2.17. The molecule has 0 radical (unpaired) electrons. The average molecular weight is 182 g/mol. The maximum atomic E-state index is 7.88. The van der Waals surface area contributed by atoms with Crippen LogP contribution in [-0.4, -0.2) is 23.3 Å². The zero-order valence-electron chi connectivity index (χ0n) is 8.97. The molecule has 76 valence electrons. The molecule has 1 atom stereocenters. The van der Waals surface area contributed by atoms with Gasteiger partial charge in [0.2, 0.25) is 0 Å². The summed E-state index contributed by atoms with van der Waals surface area (Å²) in [6.07, 6.45) is 7.18. The smallest absolute Gasteiger partial charge is 0.0960 e. The van der Waals surface area contributed by atoms with Crippen molar-refractivity contribution in [2.45, 2.75) is 58.4 Å². The van der Waals surface area contributed by atoms with E-state index in [9.17, 15) is 0 Å². The summed E-state index contributed by atoms with van der Waals surface area (Å²) in [5.41, 5.74) is 0. The van der Waals surface area contributed by atoms with Crippen LogP contribution in [0.4, 0.5) is 0 Å². The van der Waals surface area contributed by atoms with E-state index in [-0.39, 0.29) is 0 Å². The van der Waals surface area contributed by atoms with E-state index in [0.29, 0.717) is 6.04 Å². The number of piperidine rings is 1. The molecule has 0 aromatic heterocycles. The van der Waals surface area contributed by atoms with Crippen LogP contribution < -0.4 is 0 Å². The van der Waals surface area contributed by atoms with Crippen molar-refractivity contribution in [1.82, 2.24) is 4.90 Å². The first kappa shape index (κ1) is 10.6. The molecule has 1 unspecified atom stereocenters. The van der Waals surface area contributed by atoms with Gasteiger partial charge in [-0.25, -0.2) is 0 Å². The Morgan fingerprint density at radius 1 is 1.38 bits per heavy atom. The van der Waals surface area contributed by atoms with Gasteiger partial charge < -0.3 is 4.90 Å². The molecule has 1 saturated heterocycles. The monoisotopic (exact) mass is 182 g/mol. The summed E-state index contributed by atoms with van der Waals surface area (Å²) >= 11 is 0. The minimum absolute atomic E-state index is 0.637. The molecular weight excluding hydrogens is 160 g/mol. The third-order valence-electron chi connectivity index (χ3n) is 2.94. The molecule has 13 heavy (non-hydrogen) atoms. The standard InChI is InChI=1S/C11H22N2/c1-3-7-10(4-2)13-9-6-5-8-11(13)12/h10,12H,3-9H2,1-2H3. The Hall–Kier alpha value is -0.530. The third-order valence-corrected chi connectivity index (χ3v) is 2.94. The van der Waals surface area contributed by atoms with E-state index >= 15 is 0 Å². The SMILES string of the molecule is CCCC(CC)N1CCCCC1=N. The molecule has 0 aromatic carbocycles. The van der Waals surface area contributed by atoms with E-state index in [1.54, 1.807) is 0 Å². The van der Waals surface area contributed by atoms with Crippen molar-refractivity contribution in [2.75, 3.05) is 6.54 Å². The van der Waals surface area contributed by atoms with Crippen LogP contribution in [-0.2, 0) is 0 Å². The van der Waals surface area contributed by atoms with Gasteiger partial charge in [0.25, 0.3) is 0 Å². The van der Waals surface area contributed by atoms with Crippen LogP contribution in [0.5, 0.6) is 0 Å². The van der Waals surface area contributed by atoms with Gasteiger partial charge in [-0.3, -0.25) is 5.41 Å². The van der Waals surface area contributed by atoms with Crippen LogP contribution >= 0.6 is 0 Å². The topological polar surface area (TPSA) is 27.1 Å². The van der Waals surface area contributed by atoms with Gasteiger partial charge >= 0.3 is 0 Å². The predicted molar refractivity (Wildman–Crippen MR) is 57.3 cm³/mol. The largest absolute Gasteiger partial charge is 0.358 e. The molecule has 0 saturated carbocycles. The van der Waals surface area contributed by atoms with Crippen molar-refractivity contribution in [2.24, 2.45) is 0 Å². The number of hydrogen-bond acceptors (Lipinski definition) is 1. The summed E-state index contributed by atoms with van der Waals surface area (Å²) < 4.78 is 0. The van der Waals surface area contributed by atoms with Gasteiger partial charge in [0, 0.05) is 19.0 Å². The van der Waals surface area contributed by atoms with Gasteiger partial charge in [0.05, 0.1) is 5.84 Å². The highest BCUT2D eigenvalue weighted by atomic mass is 15.2. The molecular formula is C11H22N2. The number of hydrogen-bond donors (Lipinski definition) is 1. The molecule has 0 aliphatic carbocycles. The summed E-state index contributed by atoms with van der Waals surface area (Å²) in [4.78, 5) is 2.33. The minimum Gasteiger partial charge on any atom is -0.358 e. The first-order valence-electron chi connectivity index (χ1n) is 5.63. The highest BCUT2D eigenvalue weighted by molar-refractivity contribution is 5.80. The van der Waals surface area contributed by atoms with Gasteiger partial charge in [-0.2, -0.15) is 0 Å². The number of rotatable bonds is 4. The van der Waals surface area contributed by atoms with E-state index in [4.69, 9.17) is 5.41 Å². The molecule has 1 heterocycles. The van der Waals surface area contributed by atoms with E-state index in [1.807, 2.05) is 0 Å². The third kappa shape index (κ3) is 2.71. The lowest BCUT2D eigenvalue weighted by Gasteiger charge is -2.36. The van der Waals surface area contributed by atoms with Crippen molar-refractivity contribution in [3.63, 3.8) is 0 Å². The fourth-order valence-electron chi connectivity index (χ4n) is 2.17. The Morgan fingerprint density at radius 3 is 2.69 bits per heavy atom. The lowest BCUT2D eigenvalue weighted by atomic mass is 10.0. The zero-order valence-corrected chi connectivity index (χ0v) is 8.97. The van der Waals surface area contributed by atoms with Crippen molar-refractivity contribution in [1.29, 1.82) is 5.41 Å². The number of nitrogens with one attached hydrogen (secondary N) is 1. The first-order valence-corrected chi connectivity index (χ1v) is 5.63. The molecule has 0 amide bonds. The van der Waals surface area contributed by atoms with Crippen molar-refractivity contribution < 1.29 is 0 Å². The second-order valence-corrected chi connectivity index (χ2v) is 3.95. The molecule has 2 heteroatoms. The van der Waals surface area contributed by atoms with E-state index in [0.717, 1.165) is 18.8 Å². The highest BCUT2D eigenvalue weighted by Crippen LogP contribution is 2.18. The van der Waals surface area contributed by atoms with Crippen LogP contribution in [0.25, 0.3) is 0 Å². The number of nitrogens with zero attached hydrogens (tertiary/aromatic N) is 1. The second kappa shape index (κ2) is 5.25. The maximum absolute atomic E-state index is 7.88. The molecule has 1 fully saturated rings. The van der Waals surface area contributed by atoms with Gasteiger partial charge in [-0.15, -0.1) is 0 Å². The highest BCUT2D eigenvalue weighted by Gasteiger charge is 2.21. The van der Waals surface area contributed by atoms with Crippen molar-refractivity contribution in [3.05, 3.63) is 0 Å². The van der Waals surface area contributed by atoms with Gasteiger partial charge in [0.15, 0.2) is 0 Å². The number of likely N-dealkylation sites (tertiary alicyclic amines) is 1. The fraction of sp³-hybridized carbons (Fsp3) is 0.909. The van der Waals surface area contributed by atoms with E-state index in [2.05, 4.69) is 18.7 Å². The van der Waals surface area contributed by atoms with Crippen LogP contribution in [0.1, 0.15) is 52.4 Å². The molecule has 1 aliphatic rings. The Morgan fingerprint density at radius 2 is 2.15 bits per heavy atom. The molecule has 1 N–H and O–H groups in total. The average Bonchev–Trinajstić information content (AvgIpc) is 2.16. The van der Waals surface area contributed by atoms with Gasteiger partial charge in [-0.05, 0) is 25.7 Å². The Balaban J connectivity index is 2.49. The first-order chi connectivity index (χ1) is 6.29. The molecule has 2 nitrogen and oxygen atoms in total. The molecule has 1 aliphatic heterocycles. The summed E-state index contributed by atoms with van der Waals surface area (Å²) in [5, 5.41) is 7.88. The van der Waals surface area contributed by atoms with E-state index < -0.39 is 0 Å². The normalized spacial score (nSPS) is 20.5. The van der Waals surface area contributed by atoms with Gasteiger partial charge in [-0.1, -0.05) is 20.3 Å². The summed E-state index contributed by atoms with van der Waals surface area (Å²) in [6.45, 7) is 5.59. The molecule has 0 spiro atoms. The Bertz CT molecular complexity index is 165. The van der Waals surface area contributed by atoms with Crippen molar-refractivity contribution in [3.8, 4) is 0 Å².